The van der Waals surface area contributed by atoms with Crippen LogP contribution in [0.5, 0.6) is 0 Å². The van der Waals surface area contributed by atoms with Crippen molar-refractivity contribution in [2.75, 3.05) is 0 Å². The lowest BCUT2D eigenvalue weighted by Gasteiger charge is -2.31. The molecular formula is C14H20BrN. The second kappa shape index (κ2) is 4.89. The van der Waals surface area contributed by atoms with E-state index in [0.29, 0.717) is 11.5 Å². The van der Waals surface area contributed by atoms with E-state index in [1.54, 1.807) is 0 Å². The second-order valence-electron chi connectivity index (χ2n) is 5.30. The molecule has 0 bridgehead atoms. The predicted octanol–water partition coefficient (Wildman–Crippen LogP) is 3.90. The molecule has 2 rings (SSSR count). The predicted molar refractivity (Wildman–Crippen MR) is 72.4 cm³/mol. The summed E-state index contributed by atoms with van der Waals surface area (Å²) < 4.78 is 1.14. The van der Waals surface area contributed by atoms with E-state index >= 15 is 0 Å². The van der Waals surface area contributed by atoms with Crippen molar-refractivity contribution in [1.82, 2.24) is 0 Å². The largest absolute Gasteiger partial charge is 0.327 e. The summed E-state index contributed by atoms with van der Waals surface area (Å²) in [5, 5.41) is 0. The lowest BCUT2D eigenvalue weighted by molar-refractivity contribution is 0.260. The van der Waals surface area contributed by atoms with E-state index in [1.165, 1.54) is 31.2 Å². The lowest BCUT2D eigenvalue weighted by atomic mass is 9.78. The Hall–Kier alpha value is -0.340. The molecule has 1 aliphatic rings. The average molecular weight is 282 g/mol. The number of hydrogen-bond acceptors (Lipinski definition) is 1. The van der Waals surface area contributed by atoms with Crippen molar-refractivity contribution >= 4 is 15.9 Å². The van der Waals surface area contributed by atoms with Gasteiger partial charge in [-0.15, -0.1) is 0 Å². The fourth-order valence-corrected chi connectivity index (χ4v) is 2.94. The molecule has 88 valence electrons. The molecule has 16 heavy (non-hydrogen) atoms. The van der Waals surface area contributed by atoms with Crippen LogP contribution in [0.1, 0.15) is 38.2 Å². The summed E-state index contributed by atoms with van der Waals surface area (Å²) in [6.07, 6.45) is 6.30. The maximum absolute atomic E-state index is 6.37. The van der Waals surface area contributed by atoms with Gasteiger partial charge in [0.05, 0.1) is 0 Å². The maximum Gasteiger partial charge on any atom is 0.0175 e. The zero-order chi connectivity index (χ0) is 11.6. The number of rotatable bonds is 3. The zero-order valence-corrected chi connectivity index (χ0v) is 11.5. The third-order valence-electron chi connectivity index (χ3n) is 4.01. The second-order valence-corrected chi connectivity index (χ2v) is 6.21. The Bertz CT molecular complexity index is 338. The Morgan fingerprint density at radius 3 is 2.38 bits per heavy atom. The monoisotopic (exact) mass is 281 g/mol. The van der Waals surface area contributed by atoms with Crippen LogP contribution in [-0.2, 0) is 6.42 Å². The van der Waals surface area contributed by atoms with E-state index in [9.17, 15) is 0 Å². The normalized spacial score (nSPS) is 20.9. The van der Waals surface area contributed by atoms with Crippen LogP contribution in [0.2, 0.25) is 0 Å². The van der Waals surface area contributed by atoms with Crippen LogP contribution in [-0.4, -0.2) is 6.04 Å². The van der Waals surface area contributed by atoms with E-state index in [1.807, 2.05) is 0 Å². The van der Waals surface area contributed by atoms with Crippen LogP contribution in [0.4, 0.5) is 0 Å². The number of benzene rings is 1. The van der Waals surface area contributed by atoms with Gasteiger partial charge in [-0.05, 0) is 42.4 Å². The Balaban J connectivity index is 2.01. The first-order chi connectivity index (χ1) is 7.60. The van der Waals surface area contributed by atoms with Gasteiger partial charge in [-0.1, -0.05) is 47.8 Å². The molecule has 1 fully saturated rings. The molecule has 0 heterocycles. The first-order valence-electron chi connectivity index (χ1n) is 6.10. The molecule has 1 unspecified atom stereocenters. The van der Waals surface area contributed by atoms with E-state index in [0.717, 1.165) is 10.9 Å². The van der Waals surface area contributed by atoms with Gasteiger partial charge in [0.1, 0.15) is 0 Å². The van der Waals surface area contributed by atoms with Crippen molar-refractivity contribution in [3.05, 3.63) is 34.3 Å². The molecule has 0 saturated heterocycles. The Morgan fingerprint density at radius 2 is 1.81 bits per heavy atom. The Labute approximate surface area is 107 Å². The lowest BCUT2D eigenvalue weighted by Crippen LogP contribution is -2.39. The topological polar surface area (TPSA) is 26.0 Å². The van der Waals surface area contributed by atoms with Crippen LogP contribution in [0.15, 0.2) is 28.7 Å². The van der Waals surface area contributed by atoms with Gasteiger partial charge in [-0.3, -0.25) is 0 Å². The van der Waals surface area contributed by atoms with E-state index in [2.05, 4.69) is 47.1 Å². The molecule has 1 aliphatic carbocycles. The van der Waals surface area contributed by atoms with Crippen LogP contribution in [0, 0.1) is 5.41 Å². The molecule has 0 aliphatic heterocycles. The quantitative estimate of drug-likeness (QED) is 0.894. The minimum absolute atomic E-state index is 0.302. The zero-order valence-electron chi connectivity index (χ0n) is 9.88. The van der Waals surface area contributed by atoms with Gasteiger partial charge in [0.25, 0.3) is 0 Å². The van der Waals surface area contributed by atoms with Crippen LogP contribution in [0.3, 0.4) is 0 Å². The molecule has 0 spiro atoms. The van der Waals surface area contributed by atoms with Gasteiger partial charge >= 0.3 is 0 Å². The van der Waals surface area contributed by atoms with Crippen molar-refractivity contribution in [3.8, 4) is 0 Å². The van der Waals surface area contributed by atoms with Crippen LogP contribution < -0.4 is 5.73 Å². The molecule has 0 amide bonds. The highest BCUT2D eigenvalue weighted by atomic mass is 79.9. The van der Waals surface area contributed by atoms with Gasteiger partial charge in [-0.25, -0.2) is 0 Å². The number of hydrogen-bond donors (Lipinski definition) is 1. The summed E-state index contributed by atoms with van der Waals surface area (Å²) in [6, 6.07) is 8.83. The molecule has 2 heteroatoms. The summed E-state index contributed by atoms with van der Waals surface area (Å²) in [7, 11) is 0. The number of nitrogens with two attached hydrogens (primary N) is 1. The smallest absolute Gasteiger partial charge is 0.0175 e. The fourth-order valence-electron chi connectivity index (χ4n) is 2.67. The van der Waals surface area contributed by atoms with Crippen molar-refractivity contribution in [2.24, 2.45) is 11.1 Å². The molecule has 0 aromatic heterocycles. The van der Waals surface area contributed by atoms with Crippen molar-refractivity contribution < 1.29 is 0 Å². The summed E-state index contributed by atoms with van der Waals surface area (Å²) in [6.45, 7) is 2.35. The van der Waals surface area contributed by atoms with Crippen molar-refractivity contribution in [1.29, 1.82) is 0 Å². The minimum atomic E-state index is 0.302. The van der Waals surface area contributed by atoms with Crippen molar-refractivity contribution in [3.63, 3.8) is 0 Å². The number of halogens is 1. The van der Waals surface area contributed by atoms with Crippen LogP contribution in [0.25, 0.3) is 0 Å². The molecule has 0 radical (unpaired) electrons. The molecule has 1 aromatic rings. The maximum atomic E-state index is 6.37. The van der Waals surface area contributed by atoms with Gasteiger partial charge in [0.15, 0.2) is 0 Å². The highest BCUT2D eigenvalue weighted by Gasteiger charge is 2.34. The van der Waals surface area contributed by atoms with Crippen molar-refractivity contribution in [2.45, 2.75) is 45.1 Å². The first-order valence-corrected chi connectivity index (χ1v) is 6.89. The summed E-state index contributed by atoms with van der Waals surface area (Å²) in [5.74, 6) is 0. The SMILES string of the molecule is CC1(C(N)Cc2ccc(Br)cc2)CCCC1. The average Bonchev–Trinajstić information content (AvgIpc) is 2.70. The van der Waals surface area contributed by atoms with E-state index < -0.39 is 0 Å². The van der Waals surface area contributed by atoms with Gasteiger partial charge in [-0.2, -0.15) is 0 Å². The van der Waals surface area contributed by atoms with Gasteiger partial charge < -0.3 is 5.73 Å². The molecule has 1 nitrogen and oxygen atoms in total. The fraction of sp³-hybridized carbons (Fsp3) is 0.571. The Morgan fingerprint density at radius 1 is 1.25 bits per heavy atom. The highest BCUT2D eigenvalue weighted by Crippen LogP contribution is 2.40. The standard InChI is InChI=1S/C14H20BrN/c1-14(8-2-3-9-14)13(16)10-11-4-6-12(15)7-5-11/h4-7,13H,2-3,8-10,16H2,1H3. The molecule has 1 atom stereocenters. The van der Waals surface area contributed by atoms with Crippen LogP contribution >= 0.6 is 15.9 Å². The third-order valence-corrected chi connectivity index (χ3v) is 4.54. The first kappa shape index (κ1) is 12.1. The molecule has 2 N–H and O–H groups in total. The third kappa shape index (κ3) is 2.67. The summed E-state index contributed by atoms with van der Waals surface area (Å²) >= 11 is 3.46. The van der Waals surface area contributed by atoms with E-state index in [-0.39, 0.29) is 0 Å². The van der Waals surface area contributed by atoms with Gasteiger partial charge in [0.2, 0.25) is 0 Å². The van der Waals surface area contributed by atoms with E-state index in [4.69, 9.17) is 5.73 Å². The molecule has 1 aromatic carbocycles. The molecule has 1 saturated carbocycles. The molecular weight excluding hydrogens is 262 g/mol. The van der Waals surface area contributed by atoms with Gasteiger partial charge in [0, 0.05) is 10.5 Å². The summed E-state index contributed by atoms with van der Waals surface area (Å²) in [5.41, 5.74) is 8.09. The summed E-state index contributed by atoms with van der Waals surface area (Å²) in [4.78, 5) is 0. The highest BCUT2D eigenvalue weighted by molar-refractivity contribution is 9.10. The minimum Gasteiger partial charge on any atom is -0.327 e. The Kier molecular flexibility index (Phi) is 3.70.